The van der Waals surface area contributed by atoms with Crippen molar-refractivity contribution in [1.82, 2.24) is 5.32 Å². The minimum atomic E-state index is -0.949. The summed E-state index contributed by atoms with van der Waals surface area (Å²) < 4.78 is 5.29. The maximum absolute atomic E-state index is 12.1. The van der Waals surface area contributed by atoms with Gasteiger partial charge in [-0.25, -0.2) is 4.79 Å². The second-order valence-electron chi connectivity index (χ2n) is 6.99. The van der Waals surface area contributed by atoms with Crippen LogP contribution in [0.15, 0.2) is 24.3 Å². The molecule has 0 bridgehead atoms. The molecule has 5 nitrogen and oxygen atoms in total. The normalized spacial score (nSPS) is 14.0. The van der Waals surface area contributed by atoms with Crippen molar-refractivity contribution < 1.29 is 19.4 Å². The molecule has 5 heteroatoms. The van der Waals surface area contributed by atoms with Gasteiger partial charge in [0.25, 0.3) is 0 Å². The second kappa shape index (κ2) is 7.49. The summed E-state index contributed by atoms with van der Waals surface area (Å²) in [6, 6.07) is 7.87. The quantitative estimate of drug-likeness (QED) is 0.838. The van der Waals surface area contributed by atoms with Crippen LogP contribution in [0.3, 0.4) is 0 Å². The van der Waals surface area contributed by atoms with Crippen molar-refractivity contribution in [1.29, 1.82) is 0 Å². The summed E-state index contributed by atoms with van der Waals surface area (Å²) >= 11 is 0. The van der Waals surface area contributed by atoms with Gasteiger partial charge in [0.05, 0.1) is 12.0 Å². The van der Waals surface area contributed by atoms with E-state index >= 15 is 0 Å². The fourth-order valence-electron chi connectivity index (χ4n) is 2.40. The lowest BCUT2D eigenvalue weighted by Gasteiger charge is -2.33. The smallest absolute Gasteiger partial charge is 0.408 e. The van der Waals surface area contributed by atoms with Crippen LogP contribution >= 0.6 is 0 Å². The molecular weight excluding hydrogens is 294 g/mol. The maximum atomic E-state index is 12.1. The van der Waals surface area contributed by atoms with E-state index in [0.717, 1.165) is 11.1 Å². The summed E-state index contributed by atoms with van der Waals surface area (Å²) in [6.07, 6.45) is 0.186. The van der Waals surface area contributed by atoms with Crippen molar-refractivity contribution in [2.45, 2.75) is 65.0 Å². The number of carbonyl (C=O) groups is 2. The van der Waals surface area contributed by atoms with Crippen LogP contribution in [0.5, 0.6) is 0 Å². The second-order valence-corrected chi connectivity index (χ2v) is 6.99. The maximum Gasteiger partial charge on any atom is 0.408 e. The third kappa shape index (κ3) is 6.72. The number of ether oxygens (including phenoxy) is 1. The third-order valence-electron chi connectivity index (χ3n) is 3.60. The Labute approximate surface area is 138 Å². The Morgan fingerprint density at radius 1 is 1.17 bits per heavy atom. The molecule has 23 heavy (non-hydrogen) atoms. The zero-order valence-corrected chi connectivity index (χ0v) is 14.6. The van der Waals surface area contributed by atoms with E-state index in [2.05, 4.69) is 5.32 Å². The average molecular weight is 321 g/mol. The van der Waals surface area contributed by atoms with Gasteiger partial charge in [0.2, 0.25) is 0 Å². The van der Waals surface area contributed by atoms with E-state index < -0.39 is 23.2 Å². The van der Waals surface area contributed by atoms with E-state index in [4.69, 9.17) is 4.74 Å². The molecule has 0 radical (unpaired) electrons. The number of hydrogen-bond donors (Lipinski definition) is 2. The molecule has 2 N–H and O–H groups in total. The van der Waals surface area contributed by atoms with Crippen molar-refractivity contribution in [3.05, 3.63) is 35.4 Å². The van der Waals surface area contributed by atoms with Crippen LogP contribution in [0.4, 0.5) is 4.79 Å². The predicted molar refractivity (Wildman–Crippen MR) is 89.5 cm³/mol. The molecular formula is C18H27NO4. The SMILES string of the molecule is CC[C@@](CC(=O)O)(Cc1ccc(C)cc1)NC(=O)OC(C)(C)C. The highest BCUT2D eigenvalue weighted by Crippen LogP contribution is 2.23. The van der Waals surface area contributed by atoms with E-state index in [1.54, 1.807) is 20.8 Å². The molecule has 128 valence electrons. The van der Waals surface area contributed by atoms with E-state index in [1.807, 2.05) is 38.1 Å². The number of rotatable bonds is 6. The lowest BCUT2D eigenvalue weighted by atomic mass is 9.85. The molecule has 1 rings (SSSR count). The molecule has 1 aromatic rings. The van der Waals surface area contributed by atoms with E-state index in [1.165, 1.54) is 0 Å². The Hall–Kier alpha value is -2.04. The van der Waals surface area contributed by atoms with Crippen LogP contribution in [0, 0.1) is 6.92 Å². The molecule has 0 fully saturated rings. The van der Waals surface area contributed by atoms with E-state index in [9.17, 15) is 14.7 Å². The number of carboxylic acids is 1. The molecule has 0 aliphatic carbocycles. The van der Waals surface area contributed by atoms with Crippen LogP contribution in [0.25, 0.3) is 0 Å². The standard InChI is InChI=1S/C18H27NO4/c1-6-18(12-15(20)21,19-16(22)23-17(3,4)5)11-14-9-7-13(2)8-10-14/h7-10H,6,11-12H2,1-5H3,(H,19,22)(H,20,21)/t18-/m0/s1. The fraction of sp³-hybridized carbons (Fsp3) is 0.556. The highest BCUT2D eigenvalue weighted by Gasteiger charge is 2.34. The van der Waals surface area contributed by atoms with Crippen LogP contribution in [0.2, 0.25) is 0 Å². The number of nitrogens with one attached hydrogen (secondary N) is 1. The molecule has 1 aromatic carbocycles. The molecule has 0 spiro atoms. The van der Waals surface area contributed by atoms with Gasteiger partial charge in [-0.2, -0.15) is 0 Å². The van der Waals surface area contributed by atoms with Gasteiger partial charge < -0.3 is 15.2 Å². The first-order chi connectivity index (χ1) is 10.6. The molecule has 1 atom stereocenters. The first kappa shape index (κ1) is 19.0. The van der Waals surface area contributed by atoms with Crippen molar-refractivity contribution >= 4 is 12.1 Å². The van der Waals surface area contributed by atoms with Gasteiger partial charge in [0.15, 0.2) is 0 Å². The van der Waals surface area contributed by atoms with E-state index in [-0.39, 0.29) is 6.42 Å². The number of carbonyl (C=O) groups excluding carboxylic acids is 1. The number of carboxylic acid groups (broad SMARTS) is 1. The zero-order chi connectivity index (χ0) is 17.7. The summed E-state index contributed by atoms with van der Waals surface area (Å²) in [4.78, 5) is 23.4. The molecule has 1 amide bonds. The minimum Gasteiger partial charge on any atom is -0.481 e. The first-order valence-corrected chi connectivity index (χ1v) is 7.84. The lowest BCUT2D eigenvalue weighted by molar-refractivity contribution is -0.138. The Kier molecular flexibility index (Phi) is 6.19. The van der Waals surface area contributed by atoms with Gasteiger partial charge in [0.1, 0.15) is 5.60 Å². The number of benzene rings is 1. The highest BCUT2D eigenvalue weighted by atomic mass is 16.6. The first-order valence-electron chi connectivity index (χ1n) is 7.84. The van der Waals surface area contributed by atoms with Gasteiger partial charge in [-0.1, -0.05) is 36.8 Å². The fourth-order valence-corrected chi connectivity index (χ4v) is 2.40. The number of aryl methyl sites for hydroxylation is 1. The molecule has 0 aromatic heterocycles. The highest BCUT2D eigenvalue weighted by molar-refractivity contribution is 5.73. The Balaban J connectivity index is 2.98. The van der Waals surface area contributed by atoms with E-state index in [0.29, 0.717) is 12.8 Å². The largest absolute Gasteiger partial charge is 0.481 e. The van der Waals surface area contributed by atoms with Gasteiger partial charge in [-0.15, -0.1) is 0 Å². The summed E-state index contributed by atoms with van der Waals surface area (Å²) in [6.45, 7) is 9.19. The zero-order valence-electron chi connectivity index (χ0n) is 14.6. The number of hydrogen-bond acceptors (Lipinski definition) is 3. The van der Waals surface area contributed by atoms with Crippen molar-refractivity contribution in [2.75, 3.05) is 0 Å². The molecule has 0 unspecified atom stereocenters. The Morgan fingerprint density at radius 2 is 1.74 bits per heavy atom. The average Bonchev–Trinajstić information content (AvgIpc) is 2.38. The Bertz CT molecular complexity index is 545. The van der Waals surface area contributed by atoms with Crippen LogP contribution < -0.4 is 5.32 Å². The summed E-state index contributed by atoms with van der Waals surface area (Å²) in [5, 5.41) is 12.0. The summed E-state index contributed by atoms with van der Waals surface area (Å²) in [5.41, 5.74) is 0.615. The van der Waals surface area contributed by atoms with Gasteiger partial charge >= 0.3 is 12.1 Å². The molecule has 0 aliphatic rings. The summed E-state index contributed by atoms with van der Waals surface area (Å²) in [5.74, 6) is -0.949. The molecule has 0 heterocycles. The predicted octanol–water partition coefficient (Wildman–Crippen LogP) is 3.69. The van der Waals surface area contributed by atoms with Crippen LogP contribution in [-0.2, 0) is 16.0 Å². The third-order valence-corrected chi connectivity index (χ3v) is 3.60. The molecule has 0 saturated carbocycles. The lowest BCUT2D eigenvalue weighted by Crippen LogP contribution is -2.52. The van der Waals surface area contributed by atoms with Crippen molar-refractivity contribution in [2.24, 2.45) is 0 Å². The van der Waals surface area contributed by atoms with Crippen LogP contribution in [0.1, 0.15) is 51.7 Å². The van der Waals surface area contributed by atoms with Crippen molar-refractivity contribution in [3.8, 4) is 0 Å². The molecule has 0 saturated heterocycles. The minimum absolute atomic E-state index is 0.156. The van der Waals surface area contributed by atoms with Crippen molar-refractivity contribution in [3.63, 3.8) is 0 Å². The number of alkyl carbamates (subject to hydrolysis) is 1. The Morgan fingerprint density at radius 3 is 2.17 bits per heavy atom. The monoisotopic (exact) mass is 321 g/mol. The van der Waals surface area contributed by atoms with Crippen LogP contribution in [-0.4, -0.2) is 28.3 Å². The van der Waals surface area contributed by atoms with Gasteiger partial charge in [-0.05, 0) is 46.1 Å². The summed E-state index contributed by atoms with van der Waals surface area (Å²) in [7, 11) is 0. The number of amides is 1. The van der Waals surface area contributed by atoms with Gasteiger partial charge in [-0.3, -0.25) is 4.79 Å². The number of aliphatic carboxylic acids is 1. The molecule has 0 aliphatic heterocycles. The topological polar surface area (TPSA) is 75.6 Å². The van der Waals surface area contributed by atoms with Gasteiger partial charge in [0, 0.05) is 0 Å².